The normalized spacial score (nSPS) is 11.6. The molecule has 0 atom stereocenters. The lowest BCUT2D eigenvalue weighted by Crippen LogP contribution is -2.11. The summed E-state index contributed by atoms with van der Waals surface area (Å²) < 4.78 is 28.2. The number of hydrogen-bond donors (Lipinski definition) is 1. The first-order valence-corrected chi connectivity index (χ1v) is 6.92. The Morgan fingerprint density at radius 1 is 1.50 bits per heavy atom. The molecule has 0 unspecified atom stereocenters. The van der Waals surface area contributed by atoms with Crippen LogP contribution in [0.2, 0.25) is 0 Å². The third-order valence-corrected chi connectivity index (χ3v) is 4.78. The van der Waals surface area contributed by atoms with E-state index < -0.39 is 10.0 Å². The summed E-state index contributed by atoms with van der Waals surface area (Å²) in [4.78, 5) is 0. The van der Waals surface area contributed by atoms with Gasteiger partial charge in [0.1, 0.15) is 4.21 Å². The molecule has 5 nitrogen and oxygen atoms in total. The molecule has 16 heavy (non-hydrogen) atoms. The lowest BCUT2D eigenvalue weighted by molar-refractivity contribution is 0.603. The Labute approximate surface area is 97.8 Å². The molecule has 0 aliphatic rings. The van der Waals surface area contributed by atoms with Crippen molar-refractivity contribution in [3.05, 3.63) is 29.4 Å². The highest BCUT2D eigenvalue weighted by Crippen LogP contribution is 2.21. The predicted octanol–water partition coefficient (Wildman–Crippen LogP) is 1.59. The van der Waals surface area contributed by atoms with Gasteiger partial charge >= 0.3 is 0 Å². The Morgan fingerprint density at radius 3 is 2.75 bits per heavy atom. The van der Waals surface area contributed by atoms with E-state index in [4.69, 9.17) is 0 Å². The molecule has 7 heteroatoms. The average molecular weight is 257 g/mol. The van der Waals surface area contributed by atoms with Crippen molar-refractivity contribution < 1.29 is 8.42 Å². The maximum atomic E-state index is 11.9. The second kappa shape index (κ2) is 3.91. The topological polar surface area (TPSA) is 64.0 Å². The minimum absolute atomic E-state index is 0.302. The fourth-order valence-corrected chi connectivity index (χ4v) is 3.41. The van der Waals surface area contributed by atoms with Crippen molar-refractivity contribution >= 4 is 27.0 Å². The van der Waals surface area contributed by atoms with Crippen LogP contribution < -0.4 is 4.72 Å². The summed E-state index contributed by atoms with van der Waals surface area (Å²) in [7, 11) is -1.72. The van der Waals surface area contributed by atoms with Crippen LogP contribution in [0.3, 0.4) is 0 Å². The van der Waals surface area contributed by atoms with Gasteiger partial charge in [-0.1, -0.05) is 6.07 Å². The highest BCUT2D eigenvalue weighted by molar-refractivity contribution is 7.94. The minimum Gasteiger partial charge on any atom is -0.275 e. The predicted molar refractivity (Wildman–Crippen MR) is 63.1 cm³/mol. The summed E-state index contributed by atoms with van der Waals surface area (Å²) in [6.45, 7) is 1.76. The molecule has 0 amide bonds. The number of nitrogens with zero attached hydrogens (tertiary/aromatic N) is 2. The van der Waals surface area contributed by atoms with Gasteiger partial charge in [-0.25, -0.2) is 8.42 Å². The zero-order chi connectivity index (χ0) is 11.8. The van der Waals surface area contributed by atoms with Crippen molar-refractivity contribution in [1.29, 1.82) is 0 Å². The van der Waals surface area contributed by atoms with Crippen molar-refractivity contribution in [2.75, 3.05) is 4.72 Å². The standard InChI is InChI=1S/C9H11N3O2S2/c1-7-8(6-12(2)10-7)11-16(13,14)9-4-3-5-15-9/h3-6,11H,1-2H3. The quantitative estimate of drug-likeness (QED) is 0.908. The van der Waals surface area contributed by atoms with Crippen molar-refractivity contribution in [2.45, 2.75) is 11.1 Å². The van der Waals surface area contributed by atoms with E-state index in [1.165, 1.54) is 11.3 Å². The van der Waals surface area contributed by atoms with E-state index in [1.54, 1.807) is 42.4 Å². The third-order valence-electron chi connectivity index (χ3n) is 2.02. The lowest BCUT2D eigenvalue weighted by atomic mass is 10.4. The summed E-state index contributed by atoms with van der Waals surface area (Å²) in [5.41, 5.74) is 1.17. The molecule has 0 aromatic carbocycles. The van der Waals surface area contributed by atoms with Crippen LogP contribution in [0.1, 0.15) is 5.69 Å². The molecule has 0 radical (unpaired) electrons. The number of anilines is 1. The van der Waals surface area contributed by atoms with E-state index in [0.29, 0.717) is 15.6 Å². The van der Waals surface area contributed by atoms with Crippen LogP contribution in [-0.4, -0.2) is 18.2 Å². The van der Waals surface area contributed by atoms with Crippen LogP contribution >= 0.6 is 11.3 Å². The molecule has 2 aromatic rings. The largest absolute Gasteiger partial charge is 0.275 e. The molecule has 0 spiro atoms. The highest BCUT2D eigenvalue weighted by atomic mass is 32.2. The molecule has 0 aliphatic carbocycles. The second-order valence-corrected chi connectivity index (χ2v) is 6.20. The third kappa shape index (κ3) is 2.10. The van der Waals surface area contributed by atoms with E-state index >= 15 is 0 Å². The first-order chi connectivity index (χ1) is 7.49. The Bertz CT molecular complexity index is 584. The van der Waals surface area contributed by atoms with Gasteiger partial charge in [0.05, 0.1) is 11.4 Å². The molecule has 2 heterocycles. The van der Waals surface area contributed by atoms with Gasteiger partial charge in [-0.3, -0.25) is 9.40 Å². The summed E-state index contributed by atoms with van der Waals surface area (Å²) in [6, 6.07) is 3.27. The zero-order valence-electron chi connectivity index (χ0n) is 8.84. The molecular weight excluding hydrogens is 246 g/mol. The van der Waals surface area contributed by atoms with E-state index in [9.17, 15) is 8.42 Å². The van der Waals surface area contributed by atoms with Gasteiger partial charge in [0, 0.05) is 13.2 Å². The molecule has 1 N–H and O–H groups in total. The first-order valence-electron chi connectivity index (χ1n) is 4.55. The van der Waals surface area contributed by atoms with Gasteiger partial charge < -0.3 is 0 Å². The number of rotatable bonds is 3. The van der Waals surface area contributed by atoms with E-state index in [1.807, 2.05) is 0 Å². The number of sulfonamides is 1. The number of thiophene rings is 1. The Balaban J connectivity index is 2.32. The molecule has 2 rings (SSSR count). The first kappa shape index (κ1) is 11.2. The molecule has 0 saturated heterocycles. The minimum atomic E-state index is -3.46. The van der Waals surface area contributed by atoms with Gasteiger partial charge in [-0.15, -0.1) is 11.3 Å². The molecule has 0 fully saturated rings. The van der Waals surface area contributed by atoms with Crippen LogP contribution in [0.4, 0.5) is 5.69 Å². The summed E-state index contributed by atoms with van der Waals surface area (Å²) in [5, 5.41) is 5.80. The van der Waals surface area contributed by atoms with E-state index in [0.717, 1.165) is 0 Å². The molecule has 0 bridgehead atoms. The Morgan fingerprint density at radius 2 is 2.25 bits per heavy atom. The molecule has 0 aliphatic heterocycles. The van der Waals surface area contributed by atoms with Crippen molar-refractivity contribution in [1.82, 2.24) is 9.78 Å². The van der Waals surface area contributed by atoms with Gasteiger partial charge in [-0.05, 0) is 18.4 Å². The van der Waals surface area contributed by atoms with Crippen LogP contribution in [0.5, 0.6) is 0 Å². The summed E-state index contributed by atoms with van der Waals surface area (Å²) >= 11 is 1.18. The molecule has 0 saturated carbocycles. The lowest BCUT2D eigenvalue weighted by Gasteiger charge is -2.03. The maximum Gasteiger partial charge on any atom is 0.271 e. The zero-order valence-corrected chi connectivity index (χ0v) is 10.5. The fraction of sp³-hybridized carbons (Fsp3) is 0.222. The maximum absolute atomic E-state index is 11.9. The van der Waals surface area contributed by atoms with Crippen molar-refractivity contribution in [3.63, 3.8) is 0 Å². The van der Waals surface area contributed by atoms with Gasteiger partial charge in [0.15, 0.2) is 0 Å². The summed E-state index contributed by atoms with van der Waals surface area (Å²) in [5.74, 6) is 0. The molecular formula is C9H11N3O2S2. The fourth-order valence-electron chi connectivity index (χ4n) is 1.31. The van der Waals surface area contributed by atoms with Crippen molar-refractivity contribution in [3.8, 4) is 0 Å². The number of nitrogens with one attached hydrogen (secondary N) is 1. The smallest absolute Gasteiger partial charge is 0.271 e. The number of aromatic nitrogens is 2. The van der Waals surface area contributed by atoms with Crippen LogP contribution in [0, 0.1) is 6.92 Å². The number of hydrogen-bond acceptors (Lipinski definition) is 4. The van der Waals surface area contributed by atoms with Gasteiger partial charge in [-0.2, -0.15) is 5.10 Å². The SMILES string of the molecule is Cc1nn(C)cc1NS(=O)(=O)c1cccs1. The summed E-state index contributed by atoms with van der Waals surface area (Å²) in [6.07, 6.45) is 1.64. The molecule has 86 valence electrons. The van der Waals surface area contributed by atoms with Crippen LogP contribution in [0.15, 0.2) is 27.9 Å². The van der Waals surface area contributed by atoms with E-state index in [2.05, 4.69) is 9.82 Å². The van der Waals surface area contributed by atoms with Gasteiger partial charge in [0.2, 0.25) is 0 Å². The average Bonchev–Trinajstić information content (AvgIpc) is 2.76. The van der Waals surface area contributed by atoms with Crippen LogP contribution in [0.25, 0.3) is 0 Å². The second-order valence-electron chi connectivity index (χ2n) is 3.34. The van der Waals surface area contributed by atoms with Gasteiger partial charge in [0.25, 0.3) is 10.0 Å². The monoisotopic (exact) mass is 257 g/mol. The Kier molecular flexibility index (Phi) is 2.73. The molecule has 2 aromatic heterocycles. The Hall–Kier alpha value is -1.34. The van der Waals surface area contributed by atoms with Crippen molar-refractivity contribution in [2.24, 2.45) is 7.05 Å². The van der Waals surface area contributed by atoms with Crippen LogP contribution in [-0.2, 0) is 17.1 Å². The highest BCUT2D eigenvalue weighted by Gasteiger charge is 2.17. The van der Waals surface area contributed by atoms with E-state index in [-0.39, 0.29) is 0 Å². The number of aryl methyl sites for hydroxylation is 2.